The summed E-state index contributed by atoms with van der Waals surface area (Å²) in [7, 11) is 0. The third kappa shape index (κ3) is 3.50. The summed E-state index contributed by atoms with van der Waals surface area (Å²) in [5, 5.41) is 0. The Morgan fingerprint density at radius 1 is 0.615 bits per heavy atom. The molecule has 0 nitrogen and oxygen atoms in total. The Hall–Kier alpha value is 0.620. The van der Waals surface area contributed by atoms with Gasteiger partial charge < -0.3 is 0 Å². The van der Waals surface area contributed by atoms with Crippen LogP contribution in [0.3, 0.4) is 0 Å². The second kappa shape index (κ2) is 7.15. The molecule has 2 heterocycles. The van der Waals surface area contributed by atoms with E-state index in [1.807, 2.05) is 0 Å². The summed E-state index contributed by atoms with van der Waals surface area (Å²) in [5.41, 5.74) is 0.971. The largest absolute Gasteiger partial charge is 0.0846 e. The summed E-state index contributed by atoms with van der Waals surface area (Å²) in [6.07, 6.45) is 7.86. The van der Waals surface area contributed by atoms with E-state index in [2.05, 4.69) is 88.6 Å². The Morgan fingerprint density at radius 2 is 0.885 bits per heavy atom. The van der Waals surface area contributed by atoms with E-state index in [4.69, 9.17) is 0 Å². The van der Waals surface area contributed by atoms with Crippen LogP contribution in [0.5, 0.6) is 0 Å². The minimum Gasteiger partial charge on any atom is -0.0846 e. The molecule has 2 aliphatic carbocycles. The van der Waals surface area contributed by atoms with Crippen LogP contribution in [0.4, 0.5) is 0 Å². The Balaban J connectivity index is 1.37. The van der Waals surface area contributed by atoms with E-state index in [9.17, 15) is 0 Å². The lowest BCUT2D eigenvalue weighted by atomic mass is 9.75. The molecular formula is C22H32S4. The maximum atomic E-state index is 2.46. The molecular weight excluding hydrogens is 393 g/mol. The first kappa shape index (κ1) is 19.9. The minimum atomic E-state index is 0.486. The van der Waals surface area contributed by atoms with Crippen LogP contribution in [-0.4, -0.2) is 0 Å². The number of rotatable bonds is 4. The first-order valence-electron chi connectivity index (χ1n) is 10.1. The van der Waals surface area contributed by atoms with Crippen molar-refractivity contribution in [3.05, 3.63) is 28.1 Å². The lowest BCUT2D eigenvalue weighted by Crippen LogP contribution is -2.21. The van der Waals surface area contributed by atoms with Crippen molar-refractivity contribution >= 4 is 47.0 Å². The third-order valence-electron chi connectivity index (χ3n) is 7.41. The van der Waals surface area contributed by atoms with Gasteiger partial charge in [0.05, 0.1) is 8.47 Å². The van der Waals surface area contributed by atoms with Gasteiger partial charge in [0.15, 0.2) is 0 Å². The lowest BCUT2D eigenvalue weighted by molar-refractivity contribution is 0.213. The zero-order valence-electron chi connectivity index (χ0n) is 17.0. The van der Waals surface area contributed by atoms with Crippen LogP contribution in [-0.2, 0) is 0 Å². The molecule has 0 radical (unpaired) electrons. The first-order valence-corrected chi connectivity index (χ1v) is 13.4. The molecule has 0 aromatic carbocycles. The van der Waals surface area contributed by atoms with Gasteiger partial charge in [-0.2, -0.15) is 0 Å². The van der Waals surface area contributed by atoms with Gasteiger partial charge in [0.1, 0.15) is 0 Å². The van der Waals surface area contributed by atoms with Crippen molar-refractivity contribution in [1.82, 2.24) is 0 Å². The highest BCUT2D eigenvalue weighted by Gasteiger charge is 2.42. The Labute approximate surface area is 177 Å². The zero-order chi connectivity index (χ0) is 18.7. The fourth-order valence-corrected chi connectivity index (χ4v) is 10.4. The fraction of sp³-hybridized carbons (Fsp3) is 0.727. The highest BCUT2D eigenvalue weighted by atomic mass is 32.2. The molecule has 0 bridgehead atoms. The molecule has 0 N–H and O–H groups in total. The van der Waals surface area contributed by atoms with Crippen molar-refractivity contribution in [1.29, 1.82) is 0 Å². The van der Waals surface area contributed by atoms with E-state index in [0.717, 1.165) is 11.8 Å². The molecule has 4 aliphatic rings. The third-order valence-corrected chi connectivity index (χ3v) is 13.4. The molecule has 144 valence electrons. The van der Waals surface area contributed by atoms with Gasteiger partial charge in [0, 0.05) is 19.6 Å². The van der Waals surface area contributed by atoms with E-state index in [0.29, 0.717) is 10.8 Å². The quantitative estimate of drug-likeness (QED) is 0.441. The lowest BCUT2D eigenvalue weighted by Gasteiger charge is -2.31. The summed E-state index contributed by atoms with van der Waals surface area (Å²) in [4.78, 5) is 6.79. The van der Waals surface area contributed by atoms with Crippen molar-refractivity contribution < 1.29 is 0 Å². The molecule has 0 atom stereocenters. The van der Waals surface area contributed by atoms with Gasteiger partial charge in [-0.1, -0.05) is 101 Å². The predicted molar refractivity (Wildman–Crippen MR) is 125 cm³/mol. The van der Waals surface area contributed by atoms with Crippen LogP contribution < -0.4 is 0 Å². The smallest absolute Gasteiger partial charge is 0.0700 e. The van der Waals surface area contributed by atoms with Gasteiger partial charge >= 0.3 is 0 Å². The average molecular weight is 425 g/mol. The Morgan fingerprint density at radius 3 is 1.12 bits per heavy atom. The Kier molecular flexibility index (Phi) is 5.47. The van der Waals surface area contributed by atoms with Crippen LogP contribution in [0.25, 0.3) is 0 Å². The highest BCUT2D eigenvalue weighted by molar-refractivity contribution is 8.34. The maximum Gasteiger partial charge on any atom is 0.0700 e. The molecule has 0 spiro atoms. The molecule has 4 heteroatoms. The van der Waals surface area contributed by atoms with Gasteiger partial charge in [-0.05, 0) is 48.3 Å². The summed E-state index contributed by atoms with van der Waals surface area (Å²) in [6, 6.07) is 0. The molecule has 0 saturated heterocycles. The highest BCUT2D eigenvalue weighted by Crippen LogP contribution is 2.67. The number of thioether (sulfide) groups is 4. The predicted octanol–water partition coefficient (Wildman–Crippen LogP) is 9.19. The van der Waals surface area contributed by atoms with Crippen LogP contribution in [0.15, 0.2) is 28.1 Å². The fourth-order valence-electron chi connectivity index (χ4n) is 4.23. The second-order valence-electron chi connectivity index (χ2n) is 9.57. The van der Waals surface area contributed by atoms with Gasteiger partial charge in [-0.25, -0.2) is 0 Å². The van der Waals surface area contributed by atoms with E-state index in [-0.39, 0.29) is 0 Å². The van der Waals surface area contributed by atoms with Gasteiger partial charge in [0.25, 0.3) is 0 Å². The molecule has 0 fully saturated rings. The molecule has 0 aromatic rings. The summed E-state index contributed by atoms with van der Waals surface area (Å²) < 4.78 is 3.19. The normalized spacial score (nSPS) is 25.2. The monoisotopic (exact) mass is 424 g/mol. The molecule has 0 amide bonds. The summed E-state index contributed by atoms with van der Waals surface area (Å²) >= 11 is 8.45. The van der Waals surface area contributed by atoms with Crippen molar-refractivity contribution in [2.75, 3.05) is 0 Å². The maximum absolute atomic E-state index is 2.46. The topological polar surface area (TPSA) is 0 Å². The van der Waals surface area contributed by atoms with Gasteiger partial charge in [-0.3, -0.25) is 0 Å². The summed E-state index contributed by atoms with van der Waals surface area (Å²) in [6.45, 7) is 14.5. The molecule has 0 aromatic heterocycles. The standard InChI is InChI=1S/C22H32S4/c1-7-21(3,4)13-9-15-16(10-13)24-19(23-15)20-25-17-11-14(12-18(17)26-20)22(5,6)8-2/h13-14H,7-12H2,1-6H3. The minimum absolute atomic E-state index is 0.486. The molecule has 26 heavy (non-hydrogen) atoms. The second-order valence-corrected chi connectivity index (χ2v) is 14.5. The van der Waals surface area contributed by atoms with Crippen LogP contribution in [0.2, 0.25) is 0 Å². The molecule has 0 saturated carbocycles. The first-order chi connectivity index (χ1) is 12.2. The van der Waals surface area contributed by atoms with E-state index < -0.39 is 0 Å². The van der Waals surface area contributed by atoms with E-state index in [1.165, 1.54) is 38.5 Å². The average Bonchev–Trinajstić information content (AvgIpc) is 3.31. The van der Waals surface area contributed by atoms with Crippen LogP contribution in [0, 0.1) is 22.7 Å². The summed E-state index contributed by atoms with van der Waals surface area (Å²) in [5.74, 6) is 1.71. The number of allylic oxidation sites excluding steroid dienone is 4. The number of hydrogen-bond acceptors (Lipinski definition) is 4. The van der Waals surface area contributed by atoms with Gasteiger partial charge in [0.2, 0.25) is 0 Å². The van der Waals surface area contributed by atoms with Crippen LogP contribution in [0.1, 0.15) is 80.1 Å². The SMILES string of the molecule is CCC(C)(C)C1CC2=C(C1)SC(=C1SC3=C(CC(C(C)(C)CC)C3)S1)S2. The molecule has 0 unspecified atom stereocenters. The molecule has 2 aliphatic heterocycles. The van der Waals surface area contributed by atoms with Crippen molar-refractivity contribution in [2.24, 2.45) is 22.7 Å². The van der Waals surface area contributed by atoms with Crippen molar-refractivity contribution in [3.8, 4) is 0 Å². The van der Waals surface area contributed by atoms with Crippen molar-refractivity contribution in [3.63, 3.8) is 0 Å². The zero-order valence-corrected chi connectivity index (χ0v) is 20.3. The Bertz CT molecular complexity index is 608. The van der Waals surface area contributed by atoms with Crippen LogP contribution >= 0.6 is 47.0 Å². The van der Waals surface area contributed by atoms with Gasteiger partial charge in [-0.15, -0.1) is 0 Å². The van der Waals surface area contributed by atoms with Crippen molar-refractivity contribution in [2.45, 2.75) is 80.1 Å². The number of hydrogen-bond donors (Lipinski definition) is 0. The van der Waals surface area contributed by atoms with E-state index in [1.54, 1.807) is 28.1 Å². The molecule has 4 rings (SSSR count). The van der Waals surface area contributed by atoms with E-state index >= 15 is 0 Å².